The zero-order valence-electron chi connectivity index (χ0n) is 8.27. The molecule has 0 spiro atoms. The monoisotopic (exact) mass is 208 g/mol. The molecule has 0 aliphatic carbocycles. The molecule has 5 heteroatoms. The summed E-state index contributed by atoms with van der Waals surface area (Å²) in [5.74, 6) is -1.30. The van der Waals surface area contributed by atoms with Gasteiger partial charge in [-0.1, -0.05) is 6.07 Å². The molecular formula is C10H12N2O3. The molecule has 1 unspecified atom stereocenters. The number of carbonyl (C=O) groups is 2. The van der Waals surface area contributed by atoms with Gasteiger partial charge in [-0.05, 0) is 25.1 Å². The summed E-state index contributed by atoms with van der Waals surface area (Å²) in [6.45, 7) is 1.41. The number of esters is 1. The number of hydrogen-bond acceptors (Lipinski definition) is 4. The number of nitrogens with two attached hydrogens (primary N) is 2. The Morgan fingerprint density at radius 3 is 2.60 bits per heavy atom. The van der Waals surface area contributed by atoms with Crippen LogP contribution in [-0.2, 0) is 9.53 Å². The van der Waals surface area contributed by atoms with Crippen LogP contribution in [0.1, 0.15) is 17.3 Å². The highest BCUT2D eigenvalue weighted by Gasteiger charge is 2.15. The lowest BCUT2D eigenvalue weighted by atomic mass is 10.2. The maximum absolute atomic E-state index is 11.4. The van der Waals surface area contributed by atoms with E-state index in [1.807, 2.05) is 0 Å². The molecule has 1 aromatic rings. The predicted molar refractivity (Wildman–Crippen MR) is 54.9 cm³/mol. The van der Waals surface area contributed by atoms with E-state index in [9.17, 15) is 9.59 Å². The molecule has 0 aliphatic heterocycles. The SMILES string of the molecule is CC(OC(=O)c1cccc(N)c1)C(N)=O. The molecule has 80 valence electrons. The zero-order valence-corrected chi connectivity index (χ0v) is 8.27. The Hall–Kier alpha value is -2.04. The number of primary amides is 1. The van der Waals surface area contributed by atoms with Crippen molar-refractivity contribution in [1.82, 2.24) is 0 Å². The number of rotatable bonds is 3. The van der Waals surface area contributed by atoms with Crippen molar-refractivity contribution in [2.45, 2.75) is 13.0 Å². The first-order chi connectivity index (χ1) is 7.00. The van der Waals surface area contributed by atoms with Crippen LogP contribution in [0.5, 0.6) is 0 Å². The predicted octanol–water partition coefficient (Wildman–Crippen LogP) is 0.299. The van der Waals surface area contributed by atoms with Crippen LogP contribution in [0.2, 0.25) is 0 Å². The van der Waals surface area contributed by atoms with Gasteiger partial charge in [0.15, 0.2) is 6.10 Å². The first-order valence-corrected chi connectivity index (χ1v) is 4.36. The number of carbonyl (C=O) groups excluding carboxylic acids is 2. The van der Waals surface area contributed by atoms with E-state index in [1.165, 1.54) is 13.0 Å². The van der Waals surface area contributed by atoms with E-state index in [0.29, 0.717) is 11.3 Å². The lowest BCUT2D eigenvalue weighted by molar-refractivity contribution is -0.125. The molecule has 15 heavy (non-hydrogen) atoms. The van der Waals surface area contributed by atoms with Gasteiger partial charge < -0.3 is 16.2 Å². The van der Waals surface area contributed by atoms with E-state index >= 15 is 0 Å². The average molecular weight is 208 g/mol. The molecule has 1 aromatic carbocycles. The molecule has 0 saturated heterocycles. The molecule has 5 nitrogen and oxygen atoms in total. The Bertz CT molecular complexity index is 390. The summed E-state index contributed by atoms with van der Waals surface area (Å²) in [4.78, 5) is 22.1. The minimum atomic E-state index is -0.945. The number of benzene rings is 1. The van der Waals surface area contributed by atoms with Gasteiger partial charge in [0.05, 0.1) is 5.56 Å². The van der Waals surface area contributed by atoms with Gasteiger partial charge in [0.1, 0.15) is 0 Å². The fourth-order valence-electron chi connectivity index (χ4n) is 0.952. The standard InChI is InChI=1S/C10H12N2O3/c1-6(9(12)13)15-10(14)7-3-2-4-8(11)5-7/h2-6H,11H2,1H3,(H2,12,13). The van der Waals surface area contributed by atoms with Crippen molar-refractivity contribution in [3.05, 3.63) is 29.8 Å². The summed E-state index contributed by atoms with van der Waals surface area (Å²) in [5, 5.41) is 0. The smallest absolute Gasteiger partial charge is 0.338 e. The van der Waals surface area contributed by atoms with Gasteiger partial charge in [0.25, 0.3) is 5.91 Å². The van der Waals surface area contributed by atoms with Crippen molar-refractivity contribution in [3.63, 3.8) is 0 Å². The van der Waals surface area contributed by atoms with Crippen LogP contribution in [0.15, 0.2) is 24.3 Å². The van der Waals surface area contributed by atoms with E-state index in [0.717, 1.165) is 0 Å². The minimum absolute atomic E-state index is 0.295. The Morgan fingerprint density at radius 1 is 1.40 bits per heavy atom. The van der Waals surface area contributed by atoms with Gasteiger partial charge in [-0.25, -0.2) is 4.79 Å². The number of ether oxygens (including phenoxy) is 1. The van der Waals surface area contributed by atoms with Crippen molar-refractivity contribution in [2.75, 3.05) is 5.73 Å². The third kappa shape index (κ3) is 2.98. The summed E-state index contributed by atoms with van der Waals surface area (Å²) in [6, 6.07) is 6.29. The minimum Gasteiger partial charge on any atom is -0.449 e. The van der Waals surface area contributed by atoms with Crippen molar-refractivity contribution >= 4 is 17.6 Å². The molecule has 4 N–H and O–H groups in total. The highest BCUT2D eigenvalue weighted by Crippen LogP contribution is 2.08. The molecule has 0 bridgehead atoms. The highest BCUT2D eigenvalue weighted by atomic mass is 16.5. The van der Waals surface area contributed by atoms with Gasteiger partial charge in [-0.2, -0.15) is 0 Å². The molecule has 1 atom stereocenters. The molecule has 0 aromatic heterocycles. The second-order valence-corrected chi connectivity index (χ2v) is 3.08. The normalized spacial score (nSPS) is 11.8. The molecule has 0 heterocycles. The van der Waals surface area contributed by atoms with E-state index in [4.69, 9.17) is 16.2 Å². The van der Waals surface area contributed by atoms with Gasteiger partial charge in [0, 0.05) is 5.69 Å². The van der Waals surface area contributed by atoms with Crippen molar-refractivity contribution in [1.29, 1.82) is 0 Å². The van der Waals surface area contributed by atoms with Crippen LogP contribution >= 0.6 is 0 Å². The second kappa shape index (κ2) is 4.45. The number of hydrogen-bond donors (Lipinski definition) is 2. The maximum atomic E-state index is 11.4. The van der Waals surface area contributed by atoms with Crippen LogP contribution in [0.3, 0.4) is 0 Å². The molecule has 0 fully saturated rings. The molecular weight excluding hydrogens is 196 g/mol. The Labute approximate surface area is 87.0 Å². The first-order valence-electron chi connectivity index (χ1n) is 4.36. The number of amides is 1. The summed E-state index contributed by atoms with van der Waals surface area (Å²) >= 11 is 0. The third-order valence-corrected chi connectivity index (χ3v) is 1.81. The van der Waals surface area contributed by atoms with Crippen LogP contribution in [0.25, 0.3) is 0 Å². The maximum Gasteiger partial charge on any atom is 0.338 e. The summed E-state index contributed by atoms with van der Waals surface area (Å²) in [7, 11) is 0. The van der Waals surface area contributed by atoms with Gasteiger partial charge in [0.2, 0.25) is 0 Å². The highest BCUT2D eigenvalue weighted by molar-refractivity contribution is 5.92. The van der Waals surface area contributed by atoms with Crippen molar-refractivity contribution in [3.8, 4) is 0 Å². The van der Waals surface area contributed by atoms with E-state index in [2.05, 4.69) is 0 Å². The van der Waals surface area contributed by atoms with Crippen molar-refractivity contribution in [2.24, 2.45) is 5.73 Å². The summed E-state index contributed by atoms with van der Waals surface area (Å²) < 4.78 is 4.78. The fraction of sp³-hybridized carbons (Fsp3) is 0.200. The second-order valence-electron chi connectivity index (χ2n) is 3.08. The van der Waals surface area contributed by atoms with E-state index in [1.54, 1.807) is 18.2 Å². The quantitative estimate of drug-likeness (QED) is 0.551. The summed E-state index contributed by atoms with van der Waals surface area (Å²) in [6.07, 6.45) is -0.945. The Kier molecular flexibility index (Phi) is 3.28. The van der Waals surface area contributed by atoms with E-state index in [-0.39, 0.29) is 0 Å². The molecule has 0 saturated carbocycles. The first kappa shape index (κ1) is 11.0. The largest absolute Gasteiger partial charge is 0.449 e. The molecule has 0 radical (unpaired) electrons. The van der Waals surface area contributed by atoms with Crippen LogP contribution in [0.4, 0.5) is 5.69 Å². The molecule has 0 aliphatic rings. The van der Waals surface area contributed by atoms with Gasteiger partial charge >= 0.3 is 5.97 Å². The lowest BCUT2D eigenvalue weighted by Gasteiger charge is -2.09. The molecule has 1 amide bonds. The Balaban J connectivity index is 2.73. The topological polar surface area (TPSA) is 95.4 Å². The van der Waals surface area contributed by atoms with Crippen LogP contribution in [-0.4, -0.2) is 18.0 Å². The van der Waals surface area contributed by atoms with Crippen molar-refractivity contribution < 1.29 is 14.3 Å². The molecule has 1 rings (SSSR count). The lowest BCUT2D eigenvalue weighted by Crippen LogP contribution is -2.30. The summed E-state index contributed by atoms with van der Waals surface area (Å²) in [5.41, 5.74) is 11.2. The van der Waals surface area contributed by atoms with Gasteiger partial charge in [-0.3, -0.25) is 4.79 Å². The fourth-order valence-corrected chi connectivity index (χ4v) is 0.952. The zero-order chi connectivity index (χ0) is 11.4. The van der Waals surface area contributed by atoms with Crippen LogP contribution in [0, 0.1) is 0 Å². The number of anilines is 1. The average Bonchev–Trinajstić information content (AvgIpc) is 2.17. The van der Waals surface area contributed by atoms with E-state index < -0.39 is 18.0 Å². The number of nitrogen functional groups attached to an aromatic ring is 1. The third-order valence-electron chi connectivity index (χ3n) is 1.81. The Morgan fingerprint density at radius 2 is 2.07 bits per heavy atom. The van der Waals surface area contributed by atoms with Gasteiger partial charge in [-0.15, -0.1) is 0 Å². The van der Waals surface area contributed by atoms with Crippen LogP contribution < -0.4 is 11.5 Å².